The van der Waals surface area contributed by atoms with Gasteiger partial charge in [0.15, 0.2) is 0 Å². The van der Waals surface area contributed by atoms with E-state index in [9.17, 15) is 9.59 Å². The van der Waals surface area contributed by atoms with Gasteiger partial charge in [0.05, 0.1) is 16.0 Å². The Morgan fingerprint density at radius 3 is 2.62 bits per heavy atom. The quantitative estimate of drug-likeness (QED) is 0.805. The van der Waals surface area contributed by atoms with E-state index in [1.165, 1.54) is 35.1 Å². The molecular formula is C19H18N2O2S. The first-order chi connectivity index (χ1) is 11.7. The van der Waals surface area contributed by atoms with Crippen LogP contribution in [0.1, 0.15) is 30.5 Å². The highest BCUT2D eigenvalue weighted by molar-refractivity contribution is 8.00. The van der Waals surface area contributed by atoms with Gasteiger partial charge in [-0.1, -0.05) is 36.0 Å². The number of amides is 2. The molecule has 1 aliphatic carbocycles. The van der Waals surface area contributed by atoms with Gasteiger partial charge in [0.2, 0.25) is 11.8 Å². The summed E-state index contributed by atoms with van der Waals surface area (Å²) in [7, 11) is 0. The maximum Gasteiger partial charge on any atom is 0.247 e. The van der Waals surface area contributed by atoms with E-state index < -0.39 is 0 Å². The number of anilines is 1. The van der Waals surface area contributed by atoms with Crippen LogP contribution in [0.5, 0.6) is 0 Å². The zero-order valence-corrected chi connectivity index (χ0v) is 14.1. The van der Waals surface area contributed by atoms with Crippen molar-refractivity contribution in [3.63, 3.8) is 0 Å². The number of carbonyl (C=O) groups is 2. The summed E-state index contributed by atoms with van der Waals surface area (Å²) in [4.78, 5) is 31.0. The third-order valence-corrected chi connectivity index (χ3v) is 5.66. The second-order valence-electron chi connectivity index (χ2n) is 6.18. The smallest absolute Gasteiger partial charge is 0.247 e. The van der Waals surface area contributed by atoms with E-state index in [1.54, 1.807) is 12.1 Å². The van der Waals surface area contributed by atoms with E-state index in [1.807, 2.05) is 24.3 Å². The Bertz CT molecular complexity index is 791. The largest absolute Gasteiger partial charge is 0.274 e. The average Bonchev–Trinajstić information content (AvgIpc) is 2.89. The topological polar surface area (TPSA) is 50.3 Å². The lowest BCUT2D eigenvalue weighted by Crippen LogP contribution is -2.31. The molecule has 0 radical (unpaired) electrons. The van der Waals surface area contributed by atoms with Crippen LogP contribution in [-0.2, 0) is 22.4 Å². The number of rotatable bonds is 3. The van der Waals surface area contributed by atoms with E-state index in [0.717, 1.165) is 23.6 Å². The van der Waals surface area contributed by atoms with Gasteiger partial charge >= 0.3 is 0 Å². The molecule has 0 spiro atoms. The number of nitrogens with zero attached hydrogens (tertiary/aromatic N) is 2. The maximum absolute atomic E-state index is 12.7. The third-order valence-electron chi connectivity index (χ3n) is 4.54. The van der Waals surface area contributed by atoms with Crippen LogP contribution >= 0.6 is 11.8 Å². The Kier molecular flexibility index (Phi) is 4.10. The fourth-order valence-electron chi connectivity index (χ4n) is 3.32. The predicted octanol–water partition coefficient (Wildman–Crippen LogP) is 3.38. The number of thioether (sulfide) groups is 1. The fourth-order valence-corrected chi connectivity index (χ4v) is 4.35. The lowest BCUT2D eigenvalue weighted by atomic mass is 9.96. The summed E-state index contributed by atoms with van der Waals surface area (Å²) in [5.74, 6) is -0.280. The van der Waals surface area contributed by atoms with Gasteiger partial charge in [-0.2, -0.15) is 0 Å². The summed E-state index contributed by atoms with van der Waals surface area (Å²) >= 11 is 1.41. The molecule has 4 rings (SSSR count). The monoisotopic (exact) mass is 338 g/mol. The van der Waals surface area contributed by atoms with Crippen LogP contribution in [0.15, 0.2) is 47.5 Å². The van der Waals surface area contributed by atoms with Crippen LogP contribution < -0.4 is 4.90 Å². The van der Waals surface area contributed by atoms with E-state index in [4.69, 9.17) is 4.98 Å². The zero-order valence-electron chi connectivity index (χ0n) is 13.3. The maximum atomic E-state index is 12.7. The van der Waals surface area contributed by atoms with E-state index in [0.29, 0.717) is 5.69 Å². The number of fused-ring (bicyclic) bond motifs is 1. The fraction of sp³-hybridized carbons (Fsp3) is 0.316. The summed E-state index contributed by atoms with van der Waals surface area (Å²) in [6.45, 7) is 0. The molecule has 0 saturated carbocycles. The molecule has 1 fully saturated rings. The van der Waals surface area contributed by atoms with Gasteiger partial charge in [0, 0.05) is 12.1 Å². The molecule has 24 heavy (non-hydrogen) atoms. The van der Waals surface area contributed by atoms with Crippen LogP contribution in [0.2, 0.25) is 0 Å². The minimum Gasteiger partial charge on any atom is -0.274 e. The van der Waals surface area contributed by atoms with Crippen molar-refractivity contribution in [3.05, 3.63) is 53.7 Å². The van der Waals surface area contributed by atoms with Crippen molar-refractivity contribution in [2.75, 3.05) is 4.90 Å². The van der Waals surface area contributed by atoms with Crippen molar-refractivity contribution in [1.82, 2.24) is 4.98 Å². The Balaban J connectivity index is 1.53. The summed E-state index contributed by atoms with van der Waals surface area (Å²) in [6.07, 6.45) is 4.74. The lowest BCUT2D eigenvalue weighted by molar-refractivity contribution is -0.121. The van der Waals surface area contributed by atoms with E-state index in [2.05, 4.69) is 6.07 Å². The number of benzene rings is 1. The Labute approximate surface area is 145 Å². The predicted molar refractivity (Wildman–Crippen MR) is 94.1 cm³/mol. The first-order valence-corrected chi connectivity index (χ1v) is 9.17. The second kappa shape index (κ2) is 6.40. The molecule has 0 bridgehead atoms. The van der Waals surface area contributed by atoms with Gasteiger partial charge in [0.25, 0.3) is 0 Å². The zero-order chi connectivity index (χ0) is 16.5. The average molecular weight is 338 g/mol. The van der Waals surface area contributed by atoms with Crippen molar-refractivity contribution in [2.24, 2.45) is 0 Å². The van der Waals surface area contributed by atoms with Gasteiger partial charge in [-0.05, 0) is 49.4 Å². The lowest BCUT2D eigenvalue weighted by Gasteiger charge is -2.16. The molecule has 1 unspecified atom stereocenters. The normalized spacial score (nSPS) is 20.3. The van der Waals surface area contributed by atoms with Crippen molar-refractivity contribution in [3.8, 4) is 0 Å². The van der Waals surface area contributed by atoms with Crippen molar-refractivity contribution in [2.45, 2.75) is 42.4 Å². The molecule has 1 atom stereocenters. The molecule has 122 valence electrons. The van der Waals surface area contributed by atoms with Crippen LogP contribution in [0.25, 0.3) is 0 Å². The number of carbonyl (C=O) groups excluding carboxylic acids is 2. The summed E-state index contributed by atoms with van der Waals surface area (Å²) < 4.78 is 0. The van der Waals surface area contributed by atoms with Gasteiger partial charge in [0.1, 0.15) is 0 Å². The number of imide groups is 1. The molecule has 5 heteroatoms. The number of hydrogen-bond donors (Lipinski definition) is 0. The van der Waals surface area contributed by atoms with Gasteiger partial charge in [-0.3, -0.25) is 9.59 Å². The first-order valence-electron chi connectivity index (χ1n) is 8.30. The summed E-state index contributed by atoms with van der Waals surface area (Å²) in [5.41, 5.74) is 3.13. The summed E-state index contributed by atoms with van der Waals surface area (Å²) in [6, 6.07) is 13.2. The van der Waals surface area contributed by atoms with Crippen molar-refractivity contribution < 1.29 is 9.59 Å². The van der Waals surface area contributed by atoms with Crippen LogP contribution in [-0.4, -0.2) is 22.0 Å². The minimum absolute atomic E-state index is 0.137. The Morgan fingerprint density at radius 1 is 1.00 bits per heavy atom. The van der Waals surface area contributed by atoms with Crippen molar-refractivity contribution >= 4 is 29.3 Å². The van der Waals surface area contributed by atoms with E-state index in [-0.39, 0.29) is 23.5 Å². The van der Waals surface area contributed by atoms with Gasteiger partial charge in [-0.15, -0.1) is 0 Å². The number of aromatic nitrogens is 1. The van der Waals surface area contributed by atoms with Crippen LogP contribution in [0.4, 0.5) is 5.69 Å². The molecule has 2 amide bonds. The summed E-state index contributed by atoms with van der Waals surface area (Å²) in [5, 5.41) is 0.462. The molecule has 1 saturated heterocycles. The van der Waals surface area contributed by atoms with E-state index >= 15 is 0 Å². The minimum atomic E-state index is -0.383. The number of para-hydroxylation sites is 1. The molecule has 2 aromatic rings. The number of aryl methyl sites for hydroxylation is 2. The second-order valence-corrected chi connectivity index (χ2v) is 7.40. The van der Waals surface area contributed by atoms with Crippen LogP contribution in [0, 0.1) is 0 Å². The highest BCUT2D eigenvalue weighted by atomic mass is 32.2. The molecule has 2 heterocycles. The van der Waals surface area contributed by atoms with Gasteiger partial charge in [-0.25, -0.2) is 9.88 Å². The molecule has 0 N–H and O–H groups in total. The molecule has 2 aliphatic rings. The van der Waals surface area contributed by atoms with Crippen molar-refractivity contribution in [1.29, 1.82) is 0 Å². The molecule has 1 aromatic heterocycles. The highest BCUT2D eigenvalue weighted by Crippen LogP contribution is 2.34. The Hall–Kier alpha value is -2.14. The van der Waals surface area contributed by atoms with Crippen LogP contribution in [0.3, 0.4) is 0 Å². The molecule has 1 aliphatic heterocycles. The van der Waals surface area contributed by atoms with Gasteiger partial charge < -0.3 is 0 Å². The number of pyridine rings is 1. The first kappa shape index (κ1) is 15.4. The highest BCUT2D eigenvalue weighted by Gasteiger charge is 2.40. The number of hydrogen-bond acceptors (Lipinski definition) is 4. The molecule has 1 aromatic carbocycles. The standard InChI is InChI=1S/C19H18N2O2S/c22-18-12-16(19(23)21(18)14-7-2-1-3-8-14)24-17-11-10-13-6-4-5-9-15(13)20-17/h1-3,7-8,10-11,16H,4-6,9,12H2. The Morgan fingerprint density at radius 2 is 1.79 bits per heavy atom. The third kappa shape index (κ3) is 2.84. The SMILES string of the molecule is O=C1CC(Sc2ccc3c(n2)CCCC3)C(=O)N1c1ccccc1. The molecule has 4 nitrogen and oxygen atoms in total. The molecular weight excluding hydrogens is 320 g/mol.